The van der Waals surface area contributed by atoms with Gasteiger partial charge in [-0.15, -0.1) is 0 Å². The molecule has 11 heavy (non-hydrogen) atoms. The van der Waals surface area contributed by atoms with E-state index < -0.39 is 11.9 Å². The van der Waals surface area contributed by atoms with E-state index in [0.717, 1.165) is 22.1 Å². The lowest BCUT2D eigenvalue weighted by molar-refractivity contribution is -0.141. The number of hydrogen-bond acceptors (Lipinski definition) is 2. The van der Waals surface area contributed by atoms with Crippen LogP contribution in [0.25, 0.3) is 0 Å². The molecule has 0 unspecified atom stereocenters. The van der Waals surface area contributed by atoms with Gasteiger partial charge in [0.25, 0.3) is 0 Å². The molecule has 62 valence electrons. The van der Waals surface area contributed by atoms with Crippen LogP contribution in [0.2, 0.25) is 0 Å². The molecule has 0 fully saturated rings. The van der Waals surface area contributed by atoms with E-state index in [2.05, 4.69) is 5.10 Å². The first-order chi connectivity index (χ1) is 5.04. The molecule has 0 saturated carbocycles. The molecule has 0 aliphatic carbocycles. The molecule has 1 aromatic rings. The summed E-state index contributed by atoms with van der Waals surface area (Å²) in [6.07, 6.45) is -1.42. The van der Waals surface area contributed by atoms with E-state index in [4.69, 9.17) is 0 Å². The second kappa shape index (κ2) is 2.77. The summed E-state index contributed by atoms with van der Waals surface area (Å²) in [5, 5.41) is 3.25. The number of hydrogen-bond donors (Lipinski definition) is 0. The summed E-state index contributed by atoms with van der Waals surface area (Å²) < 4.78 is 36.7. The molecule has 0 N–H and O–H groups in total. The maximum absolute atomic E-state index is 11.9. The zero-order chi connectivity index (χ0) is 8.48. The molecule has 1 rings (SSSR count). The smallest absolute Gasteiger partial charge is 0.214 e. The van der Waals surface area contributed by atoms with Crippen LogP contribution in [0.3, 0.4) is 0 Å². The van der Waals surface area contributed by atoms with Crippen molar-refractivity contribution in [2.24, 2.45) is 0 Å². The molecule has 2 nitrogen and oxygen atoms in total. The first-order valence-corrected chi connectivity index (χ1v) is 3.89. The summed E-state index contributed by atoms with van der Waals surface area (Å²) in [5.74, 6) is 0. The van der Waals surface area contributed by atoms with Crippen LogP contribution < -0.4 is 0 Å². The van der Waals surface area contributed by atoms with Gasteiger partial charge in [0.15, 0.2) is 5.69 Å². The van der Waals surface area contributed by atoms with Crippen molar-refractivity contribution in [2.45, 2.75) is 6.18 Å². The molecule has 1 aromatic heterocycles. The molecule has 0 amide bonds. The Kier molecular flexibility index (Phi) is 2.12. The number of halogens is 3. The lowest BCUT2D eigenvalue weighted by Gasteiger charge is -1.99. The van der Waals surface area contributed by atoms with Crippen LogP contribution in [-0.2, 0) is 6.18 Å². The highest BCUT2D eigenvalue weighted by Gasteiger charge is 2.33. The van der Waals surface area contributed by atoms with Gasteiger partial charge in [-0.2, -0.15) is 18.3 Å². The summed E-state index contributed by atoms with van der Waals surface area (Å²) in [6.45, 7) is 0. The largest absolute Gasteiger partial charge is 0.435 e. The monoisotopic (exact) mass is 182 g/mol. The summed E-state index contributed by atoms with van der Waals surface area (Å²) >= 11 is 1.11. The lowest BCUT2D eigenvalue weighted by atomic mass is 10.4. The Morgan fingerprint density at radius 1 is 1.55 bits per heavy atom. The van der Waals surface area contributed by atoms with E-state index in [0.29, 0.717) is 0 Å². The van der Waals surface area contributed by atoms with Crippen molar-refractivity contribution in [1.29, 1.82) is 0 Å². The molecule has 0 atom stereocenters. The lowest BCUT2D eigenvalue weighted by Crippen LogP contribution is -2.05. The second-order valence-electron chi connectivity index (χ2n) is 1.78. The average Bonchev–Trinajstić information content (AvgIpc) is 2.32. The fraction of sp³-hybridized carbons (Fsp3) is 0.400. The van der Waals surface area contributed by atoms with Gasteiger partial charge in [-0.3, -0.25) is 0 Å². The standard InChI is InChI=1S/C5H5F3N2S/c1-11-10-3-2-4(9-10)5(6,7)8/h2-3H,1H3. The van der Waals surface area contributed by atoms with Crippen molar-refractivity contribution in [3.05, 3.63) is 18.0 Å². The summed E-state index contributed by atoms with van der Waals surface area (Å²) in [5.41, 5.74) is -0.855. The Bertz CT molecular complexity index is 242. The van der Waals surface area contributed by atoms with Crippen molar-refractivity contribution in [3.8, 4) is 0 Å². The number of rotatable bonds is 1. The zero-order valence-corrected chi connectivity index (χ0v) is 6.41. The third-order valence-corrected chi connectivity index (χ3v) is 1.62. The van der Waals surface area contributed by atoms with Gasteiger partial charge in [-0.1, -0.05) is 0 Å². The minimum atomic E-state index is -4.33. The van der Waals surface area contributed by atoms with Gasteiger partial charge in [0.2, 0.25) is 0 Å². The topological polar surface area (TPSA) is 17.8 Å². The first kappa shape index (κ1) is 8.45. The van der Waals surface area contributed by atoms with Crippen molar-refractivity contribution in [1.82, 2.24) is 9.19 Å². The molecule has 0 bridgehead atoms. The predicted molar refractivity (Wildman–Crippen MR) is 36.1 cm³/mol. The highest BCUT2D eigenvalue weighted by atomic mass is 32.2. The Morgan fingerprint density at radius 3 is 2.45 bits per heavy atom. The van der Waals surface area contributed by atoms with E-state index in [-0.39, 0.29) is 0 Å². The number of alkyl halides is 3. The Balaban J connectivity index is 2.89. The van der Waals surface area contributed by atoms with Crippen molar-refractivity contribution >= 4 is 11.9 Å². The van der Waals surface area contributed by atoms with Gasteiger partial charge in [-0.25, -0.2) is 4.09 Å². The van der Waals surface area contributed by atoms with Gasteiger partial charge in [0.05, 0.1) is 0 Å². The molecule has 0 aliphatic heterocycles. The zero-order valence-electron chi connectivity index (χ0n) is 5.59. The van der Waals surface area contributed by atoms with Crippen molar-refractivity contribution in [3.63, 3.8) is 0 Å². The molecular weight excluding hydrogens is 177 g/mol. The third-order valence-electron chi connectivity index (χ3n) is 1.04. The fourth-order valence-electron chi connectivity index (χ4n) is 0.560. The molecule has 1 heterocycles. The first-order valence-electron chi connectivity index (χ1n) is 2.71. The highest BCUT2D eigenvalue weighted by molar-refractivity contribution is 7.97. The van der Waals surface area contributed by atoms with Crippen LogP contribution in [0.4, 0.5) is 13.2 Å². The van der Waals surface area contributed by atoms with Crippen LogP contribution in [0, 0.1) is 0 Å². The SMILES string of the molecule is CSn1ccc(C(F)(F)F)n1. The fourth-order valence-corrected chi connectivity index (χ4v) is 0.912. The van der Waals surface area contributed by atoms with Gasteiger partial charge in [0, 0.05) is 12.5 Å². The van der Waals surface area contributed by atoms with Gasteiger partial charge >= 0.3 is 6.18 Å². The Hall–Kier alpha value is -0.650. The van der Waals surface area contributed by atoms with Crippen LogP contribution in [-0.4, -0.2) is 15.4 Å². The normalized spacial score (nSPS) is 12.0. The maximum Gasteiger partial charge on any atom is 0.435 e. The average molecular weight is 182 g/mol. The third kappa shape index (κ3) is 1.89. The van der Waals surface area contributed by atoms with Crippen LogP contribution in [0.1, 0.15) is 5.69 Å². The van der Waals surface area contributed by atoms with E-state index in [1.807, 2.05) is 0 Å². The molecular formula is C5H5F3N2S. The summed E-state index contributed by atoms with van der Waals surface area (Å²) in [7, 11) is 0. The van der Waals surface area contributed by atoms with Gasteiger partial charge in [0.1, 0.15) is 0 Å². The van der Waals surface area contributed by atoms with Crippen LogP contribution in [0.15, 0.2) is 12.3 Å². The van der Waals surface area contributed by atoms with Gasteiger partial charge in [-0.05, 0) is 18.0 Å². The number of nitrogens with zero attached hydrogens (tertiary/aromatic N) is 2. The molecule has 0 aliphatic rings. The highest BCUT2D eigenvalue weighted by Crippen LogP contribution is 2.27. The maximum atomic E-state index is 11.9. The molecule has 6 heteroatoms. The molecule has 0 radical (unpaired) electrons. The minimum absolute atomic E-state index is 0.855. The summed E-state index contributed by atoms with van der Waals surface area (Å²) in [4.78, 5) is 0. The van der Waals surface area contributed by atoms with Gasteiger partial charge < -0.3 is 0 Å². The van der Waals surface area contributed by atoms with E-state index >= 15 is 0 Å². The Morgan fingerprint density at radius 2 is 2.18 bits per heavy atom. The van der Waals surface area contributed by atoms with E-state index in [1.54, 1.807) is 6.26 Å². The molecule has 0 saturated heterocycles. The predicted octanol–water partition coefficient (Wildman–Crippen LogP) is 2.03. The molecule has 0 spiro atoms. The Labute approximate surface area is 65.5 Å². The van der Waals surface area contributed by atoms with Crippen LogP contribution in [0.5, 0.6) is 0 Å². The molecule has 0 aromatic carbocycles. The van der Waals surface area contributed by atoms with E-state index in [9.17, 15) is 13.2 Å². The minimum Gasteiger partial charge on any atom is -0.214 e. The second-order valence-corrected chi connectivity index (χ2v) is 2.52. The van der Waals surface area contributed by atoms with Crippen molar-refractivity contribution < 1.29 is 13.2 Å². The quantitative estimate of drug-likeness (QED) is 0.661. The van der Waals surface area contributed by atoms with Crippen LogP contribution >= 0.6 is 11.9 Å². The number of aromatic nitrogens is 2. The van der Waals surface area contributed by atoms with E-state index in [1.165, 1.54) is 6.20 Å². The summed E-state index contributed by atoms with van der Waals surface area (Å²) in [6, 6.07) is 0.941. The van der Waals surface area contributed by atoms with Crippen molar-refractivity contribution in [2.75, 3.05) is 6.26 Å².